The summed E-state index contributed by atoms with van der Waals surface area (Å²) in [5.74, 6) is -2.77. The van der Waals surface area contributed by atoms with Crippen LogP contribution in [0.5, 0.6) is 0 Å². The molecule has 0 heterocycles. The minimum Gasteiger partial charge on any atom is -0.478 e. The number of hydrogen-bond donors (Lipinski definition) is 2. The SMILES string of the molecule is Cc1cccc(C)c1C(=O)Nc1cccc(F)c1C(=O)O. The minimum absolute atomic E-state index is 0.0600. The van der Waals surface area contributed by atoms with Crippen LogP contribution >= 0.6 is 0 Å². The topological polar surface area (TPSA) is 66.4 Å². The molecule has 0 aromatic heterocycles. The molecule has 2 aromatic rings. The second-order valence-electron chi connectivity index (χ2n) is 4.69. The van der Waals surface area contributed by atoms with Gasteiger partial charge in [0.25, 0.3) is 5.91 Å². The fourth-order valence-corrected chi connectivity index (χ4v) is 2.20. The zero-order chi connectivity index (χ0) is 15.6. The van der Waals surface area contributed by atoms with E-state index in [1.54, 1.807) is 26.0 Å². The zero-order valence-electron chi connectivity index (χ0n) is 11.6. The van der Waals surface area contributed by atoms with Crippen molar-refractivity contribution in [3.63, 3.8) is 0 Å². The van der Waals surface area contributed by atoms with Crippen LogP contribution in [0.3, 0.4) is 0 Å². The molecule has 5 heteroatoms. The fraction of sp³-hybridized carbons (Fsp3) is 0.125. The Morgan fingerprint density at radius 3 is 2.14 bits per heavy atom. The molecular weight excluding hydrogens is 273 g/mol. The summed E-state index contributed by atoms with van der Waals surface area (Å²) in [6.45, 7) is 3.57. The highest BCUT2D eigenvalue weighted by molar-refractivity contribution is 6.09. The summed E-state index contributed by atoms with van der Waals surface area (Å²) in [6.07, 6.45) is 0. The van der Waals surface area contributed by atoms with E-state index < -0.39 is 23.3 Å². The lowest BCUT2D eigenvalue weighted by molar-refractivity contribution is 0.0693. The highest BCUT2D eigenvalue weighted by atomic mass is 19.1. The van der Waals surface area contributed by atoms with Gasteiger partial charge < -0.3 is 10.4 Å². The molecule has 4 nitrogen and oxygen atoms in total. The van der Waals surface area contributed by atoms with E-state index in [0.29, 0.717) is 5.56 Å². The van der Waals surface area contributed by atoms with Crippen LogP contribution in [-0.4, -0.2) is 17.0 Å². The molecule has 0 aliphatic carbocycles. The predicted octanol–water partition coefficient (Wildman–Crippen LogP) is 3.39. The van der Waals surface area contributed by atoms with Crippen molar-refractivity contribution in [1.29, 1.82) is 0 Å². The summed E-state index contributed by atoms with van der Waals surface area (Å²) in [4.78, 5) is 23.4. The van der Waals surface area contributed by atoms with Crippen LogP contribution in [0.15, 0.2) is 36.4 Å². The number of carboxylic acid groups (broad SMARTS) is 1. The van der Waals surface area contributed by atoms with E-state index in [1.165, 1.54) is 12.1 Å². The standard InChI is InChI=1S/C16H14FNO3/c1-9-5-3-6-10(2)13(9)15(19)18-12-8-4-7-11(17)14(12)16(20)21/h3-8H,1-2H3,(H,18,19)(H,20,21). The van der Waals surface area contributed by atoms with Crippen LogP contribution in [0, 0.1) is 19.7 Å². The van der Waals surface area contributed by atoms with Gasteiger partial charge in [-0.1, -0.05) is 24.3 Å². The number of carbonyl (C=O) groups is 2. The number of carboxylic acids is 1. The summed E-state index contributed by atoms with van der Waals surface area (Å²) < 4.78 is 13.6. The smallest absolute Gasteiger partial charge is 0.340 e. The monoisotopic (exact) mass is 287 g/mol. The van der Waals surface area contributed by atoms with Crippen LogP contribution in [-0.2, 0) is 0 Å². The fourth-order valence-electron chi connectivity index (χ4n) is 2.20. The first kappa shape index (κ1) is 14.7. The molecule has 0 spiro atoms. The molecule has 21 heavy (non-hydrogen) atoms. The van der Waals surface area contributed by atoms with Crippen LogP contribution in [0.1, 0.15) is 31.8 Å². The number of rotatable bonds is 3. The van der Waals surface area contributed by atoms with E-state index in [1.807, 2.05) is 6.07 Å². The van der Waals surface area contributed by atoms with Crippen molar-refractivity contribution in [2.24, 2.45) is 0 Å². The molecule has 0 atom stereocenters. The number of halogens is 1. The molecule has 1 amide bonds. The van der Waals surface area contributed by atoms with Crippen LogP contribution < -0.4 is 5.32 Å². The van der Waals surface area contributed by atoms with Crippen LogP contribution in [0.4, 0.5) is 10.1 Å². The minimum atomic E-state index is -1.43. The molecule has 2 N–H and O–H groups in total. The Labute approximate surface area is 121 Å². The normalized spacial score (nSPS) is 10.2. The Hall–Kier alpha value is -2.69. The van der Waals surface area contributed by atoms with Gasteiger partial charge in [-0.25, -0.2) is 9.18 Å². The van der Waals surface area contributed by atoms with E-state index >= 15 is 0 Å². The molecule has 0 aliphatic heterocycles. The Morgan fingerprint density at radius 1 is 1.00 bits per heavy atom. The number of carbonyl (C=O) groups excluding carboxylic acids is 1. The molecule has 108 valence electrons. The zero-order valence-corrected chi connectivity index (χ0v) is 11.6. The van der Waals surface area contributed by atoms with Gasteiger partial charge in [0, 0.05) is 5.56 Å². The number of hydrogen-bond acceptors (Lipinski definition) is 2. The molecule has 0 radical (unpaired) electrons. The largest absolute Gasteiger partial charge is 0.478 e. The molecule has 2 rings (SSSR count). The van der Waals surface area contributed by atoms with E-state index in [4.69, 9.17) is 5.11 Å². The van der Waals surface area contributed by atoms with Crippen molar-refractivity contribution in [1.82, 2.24) is 0 Å². The molecule has 0 bridgehead atoms. The Morgan fingerprint density at radius 2 is 1.57 bits per heavy atom. The van der Waals surface area contributed by atoms with Gasteiger partial charge in [0.05, 0.1) is 5.69 Å². The maximum atomic E-state index is 13.6. The van der Waals surface area contributed by atoms with Gasteiger partial charge in [-0.3, -0.25) is 4.79 Å². The number of nitrogens with one attached hydrogen (secondary N) is 1. The number of aryl methyl sites for hydroxylation is 2. The van der Waals surface area contributed by atoms with Crippen molar-refractivity contribution in [3.05, 3.63) is 64.5 Å². The number of aromatic carboxylic acids is 1. The van der Waals surface area contributed by atoms with Crippen molar-refractivity contribution >= 4 is 17.6 Å². The van der Waals surface area contributed by atoms with Crippen molar-refractivity contribution < 1.29 is 19.1 Å². The Kier molecular flexibility index (Phi) is 4.03. The second kappa shape index (κ2) is 5.75. The molecule has 0 aliphatic rings. The molecule has 0 saturated heterocycles. The molecule has 2 aromatic carbocycles. The van der Waals surface area contributed by atoms with Gasteiger partial charge in [-0.15, -0.1) is 0 Å². The molecular formula is C16H14FNO3. The highest BCUT2D eigenvalue weighted by Crippen LogP contribution is 2.21. The van der Waals surface area contributed by atoms with Crippen molar-refractivity contribution in [2.45, 2.75) is 13.8 Å². The Bertz CT molecular complexity index is 705. The van der Waals surface area contributed by atoms with Crippen LogP contribution in [0.25, 0.3) is 0 Å². The first-order valence-corrected chi connectivity index (χ1v) is 6.31. The van der Waals surface area contributed by atoms with E-state index in [2.05, 4.69) is 5.32 Å². The first-order valence-electron chi connectivity index (χ1n) is 6.31. The summed E-state index contributed by atoms with van der Waals surface area (Å²) in [5, 5.41) is 11.5. The number of anilines is 1. The van der Waals surface area contributed by atoms with E-state index in [-0.39, 0.29) is 5.69 Å². The van der Waals surface area contributed by atoms with Gasteiger partial charge >= 0.3 is 5.97 Å². The quantitative estimate of drug-likeness (QED) is 0.909. The lowest BCUT2D eigenvalue weighted by atomic mass is 10.0. The van der Waals surface area contributed by atoms with Gasteiger partial charge in [0.2, 0.25) is 0 Å². The molecule has 0 saturated carbocycles. The van der Waals surface area contributed by atoms with Gasteiger partial charge in [-0.05, 0) is 37.1 Å². The maximum absolute atomic E-state index is 13.6. The first-order chi connectivity index (χ1) is 9.91. The Balaban J connectivity index is 2.42. The lowest BCUT2D eigenvalue weighted by Gasteiger charge is -2.12. The molecule has 0 unspecified atom stereocenters. The van der Waals surface area contributed by atoms with Gasteiger partial charge in [-0.2, -0.15) is 0 Å². The average Bonchev–Trinajstić information content (AvgIpc) is 2.37. The summed E-state index contributed by atoms with van der Waals surface area (Å²) >= 11 is 0. The predicted molar refractivity (Wildman–Crippen MR) is 77.2 cm³/mol. The summed E-state index contributed by atoms with van der Waals surface area (Å²) in [7, 11) is 0. The number of amides is 1. The van der Waals surface area contributed by atoms with Gasteiger partial charge in [0.1, 0.15) is 11.4 Å². The second-order valence-corrected chi connectivity index (χ2v) is 4.69. The van der Waals surface area contributed by atoms with E-state index in [0.717, 1.165) is 17.2 Å². The molecule has 0 fully saturated rings. The van der Waals surface area contributed by atoms with Crippen molar-refractivity contribution in [2.75, 3.05) is 5.32 Å². The summed E-state index contributed by atoms with van der Waals surface area (Å²) in [5.41, 5.74) is 1.38. The third-order valence-electron chi connectivity index (χ3n) is 3.18. The third-order valence-corrected chi connectivity index (χ3v) is 3.18. The van der Waals surface area contributed by atoms with Gasteiger partial charge in [0.15, 0.2) is 0 Å². The van der Waals surface area contributed by atoms with Crippen molar-refractivity contribution in [3.8, 4) is 0 Å². The van der Waals surface area contributed by atoms with E-state index in [9.17, 15) is 14.0 Å². The average molecular weight is 287 g/mol. The highest BCUT2D eigenvalue weighted by Gasteiger charge is 2.19. The lowest BCUT2D eigenvalue weighted by Crippen LogP contribution is -2.17. The third kappa shape index (κ3) is 2.91. The van der Waals surface area contributed by atoms with Crippen LogP contribution in [0.2, 0.25) is 0 Å². The number of benzene rings is 2. The maximum Gasteiger partial charge on any atom is 0.340 e. The summed E-state index contributed by atoms with van der Waals surface area (Å²) in [6, 6.07) is 9.14.